The van der Waals surface area contributed by atoms with Crippen LogP contribution in [-0.2, 0) is 4.74 Å². The first-order valence-corrected chi connectivity index (χ1v) is 4.49. The minimum Gasteiger partial charge on any atom is -0.362 e. The van der Waals surface area contributed by atoms with Crippen molar-refractivity contribution in [3.63, 3.8) is 0 Å². The highest BCUT2D eigenvalue weighted by Gasteiger charge is 2.30. The van der Waals surface area contributed by atoms with Crippen LogP contribution in [0.1, 0.15) is 19.8 Å². The summed E-state index contributed by atoms with van der Waals surface area (Å²) in [6.07, 6.45) is 11.4. The number of terminal acetylenes is 1. The Morgan fingerprint density at radius 1 is 1.77 bits per heavy atom. The minimum absolute atomic E-state index is 0.459. The lowest BCUT2D eigenvalue weighted by molar-refractivity contribution is 0.0595. The van der Waals surface area contributed by atoms with Gasteiger partial charge in [0.25, 0.3) is 0 Å². The molecule has 0 saturated heterocycles. The molecule has 0 aromatic rings. The summed E-state index contributed by atoms with van der Waals surface area (Å²) in [5.74, 6) is 3.16. The van der Waals surface area contributed by atoms with Gasteiger partial charge in [0.15, 0.2) is 0 Å². The van der Waals surface area contributed by atoms with E-state index in [4.69, 9.17) is 11.2 Å². The Balaban J connectivity index is 2.82. The number of allylic oxidation sites excluding steroid dienone is 2. The second-order valence-corrected chi connectivity index (χ2v) is 3.62. The Labute approximate surface area is 80.5 Å². The SMILES string of the molecule is C#C[C@@]1(OC)C=CCC(C(=C)C)C1. The molecule has 1 heteroatoms. The highest BCUT2D eigenvalue weighted by Crippen LogP contribution is 2.32. The Bertz CT molecular complexity index is 269. The molecule has 0 saturated carbocycles. The van der Waals surface area contributed by atoms with E-state index in [0.717, 1.165) is 12.8 Å². The van der Waals surface area contributed by atoms with Crippen LogP contribution in [-0.4, -0.2) is 12.7 Å². The Hall–Kier alpha value is -1.00. The lowest BCUT2D eigenvalue weighted by Gasteiger charge is -2.31. The minimum atomic E-state index is -0.498. The standard InChI is InChI=1S/C12H16O/c1-5-12(13-4)8-6-7-11(9-12)10(2)3/h1,6,8,11H,2,7,9H2,3-4H3/t11?,12-/m1/s1. The molecule has 0 amide bonds. The van der Waals surface area contributed by atoms with Crippen molar-refractivity contribution >= 4 is 0 Å². The summed E-state index contributed by atoms with van der Waals surface area (Å²) < 4.78 is 5.34. The van der Waals surface area contributed by atoms with Gasteiger partial charge in [-0.25, -0.2) is 0 Å². The number of hydrogen-bond acceptors (Lipinski definition) is 1. The maximum atomic E-state index is 5.46. The zero-order valence-corrected chi connectivity index (χ0v) is 8.34. The van der Waals surface area contributed by atoms with Crippen LogP contribution in [0.25, 0.3) is 0 Å². The third kappa shape index (κ3) is 2.02. The van der Waals surface area contributed by atoms with Crippen LogP contribution >= 0.6 is 0 Å². The summed E-state index contributed by atoms with van der Waals surface area (Å²) >= 11 is 0. The van der Waals surface area contributed by atoms with Gasteiger partial charge in [0, 0.05) is 7.11 Å². The molecule has 1 aliphatic carbocycles. The fraction of sp³-hybridized carbons (Fsp3) is 0.500. The van der Waals surface area contributed by atoms with Crippen molar-refractivity contribution < 1.29 is 4.74 Å². The zero-order chi connectivity index (χ0) is 9.90. The van der Waals surface area contributed by atoms with Crippen molar-refractivity contribution in [2.45, 2.75) is 25.4 Å². The van der Waals surface area contributed by atoms with Gasteiger partial charge in [-0.15, -0.1) is 6.42 Å². The van der Waals surface area contributed by atoms with E-state index in [9.17, 15) is 0 Å². The maximum Gasteiger partial charge on any atom is 0.147 e. The van der Waals surface area contributed by atoms with Crippen LogP contribution in [0, 0.1) is 18.3 Å². The summed E-state index contributed by atoms with van der Waals surface area (Å²) in [6, 6.07) is 0. The lowest BCUT2D eigenvalue weighted by atomic mass is 9.80. The van der Waals surface area contributed by atoms with E-state index in [-0.39, 0.29) is 0 Å². The van der Waals surface area contributed by atoms with Crippen LogP contribution in [0.4, 0.5) is 0 Å². The molecule has 13 heavy (non-hydrogen) atoms. The molecule has 1 aliphatic rings. The second-order valence-electron chi connectivity index (χ2n) is 3.62. The summed E-state index contributed by atoms with van der Waals surface area (Å²) in [7, 11) is 1.66. The van der Waals surface area contributed by atoms with Crippen molar-refractivity contribution in [1.82, 2.24) is 0 Å². The normalized spacial score (nSPS) is 32.5. The van der Waals surface area contributed by atoms with Crippen molar-refractivity contribution in [3.8, 4) is 12.3 Å². The van der Waals surface area contributed by atoms with Gasteiger partial charge in [0.05, 0.1) is 0 Å². The largest absolute Gasteiger partial charge is 0.362 e. The third-order valence-electron chi connectivity index (χ3n) is 2.66. The predicted octanol–water partition coefficient (Wildman–Crippen LogP) is 2.55. The van der Waals surface area contributed by atoms with Gasteiger partial charge in [-0.05, 0) is 31.8 Å². The van der Waals surface area contributed by atoms with Crippen molar-refractivity contribution in [2.75, 3.05) is 7.11 Å². The van der Waals surface area contributed by atoms with Crippen molar-refractivity contribution in [1.29, 1.82) is 0 Å². The average Bonchev–Trinajstić information content (AvgIpc) is 2.18. The highest BCUT2D eigenvalue weighted by atomic mass is 16.5. The van der Waals surface area contributed by atoms with E-state index >= 15 is 0 Å². The molecule has 1 unspecified atom stereocenters. The Morgan fingerprint density at radius 2 is 2.46 bits per heavy atom. The fourth-order valence-corrected chi connectivity index (χ4v) is 1.63. The highest BCUT2D eigenvalue weighted by molar-refractivity contribution is 5.25. The molecule has 2 atom stereocenters. The fourth-order valence-electron chi connectivity index (χ4n) is 1.63. The van der Waals surface area contributed by atoms with Gasteiger partial charge in [-0.2, -0.15) is 0 Å². The van der Waals surface area contributed by atoms with E-state index in [1.54, 1.807) is 7.11 Å². The molecular weight excluding hydrogens is 160 g/mol. The molecule has 1 nitrogen and oxygen atoms in total. The third-order valence-corrected chi connectivity index (χ3v) is 2.66. The van der Waals surface area contributed by atoms with E-state index in [1.807, 2.05) is 13.0 Å². The quantitative estimate of drug-likeness (QED) is 0.464. The molecule has 0 fully saturated rings. The Kier molecular flexibility index (Phi) is 2.95. The summed E-state index contributed by atoms with van der Waals surface area (Å²) in [5.41, 5.74) is 0.683. The summed E-state index contributed by atoms with van der Waals surface area (Å²) in [6.45, 7) is 6.00. The van der Waals surface area contributed by atoms with Gasteiger partial charge < -0.3 is 4.74 Å². The molecule has 0 N–H and O–H groups in total. The van der Waals surface area contributed by atoms with E-state index in [2.05, 4.69) is 18.6 Å². The molecule has 0 aromatic heterocycles. The van der Waals surface area contributed by atoms with Crippen LogP contribution in [0.15, 0.2) is 24.3 Å². The maximum absolute atomic E-state index is 5.46. The molecule has 0 radical (unpaired) electrons. The number of hydrogen-bond donors (Lipinski definition) is 0. The summed E-state index contributed by atoms with van der Waals surface area (Å²) in [5, 5.41) is 0. The molecule has 0 bridgehead atoms. The van der Waals surface area contributed by atoms with Gasteiger partial charge in [-0.1, -0.05) is 24.1 Å². The first kappa shape index (κ1) is 10.1. The van der Waals surface area contributed by atoms with Crippen LogP contribution in [0.5, 0.6) is 0 Å². The van der Waals surface area contributed by atoms with Crippen molar-refractivity contribution in [2.24, 2.45) is 5.92 Å². The summed E-state index contributed by atoms with van der Waals surface area (Å²) in [4.78, 5) is 0. The molecule has 0 spiro atoms. The smallest absolute Gasteiger partial charge is 0.147 e. The topological polar surface area (TPSA) is 9.23 Å². The van der Waals surface area contributed by atoms with Gasteiger partial charge in [0.2, 0.25) is 0 Å². The number of methoxy groups -OCH3 is 1. The van der Waals surface area contributed by atoms with Gasteiger partial charge >= 0.3 is 0 Å². The van der Waals surface area contributed by atoms with Crippen LogP contribution in [0.3, 0.4) is 0 Å². The number of ether oxygens (including phenoxy) is 1. The molecule has 0 aromatic carbocycles. The molecule has 0 aliphatic heterocycles. The molecule has 0 heterocycles. The van der Waals surface area contributed by atoms with Gasteiger partial charge in [0.1, 0.15) is 5.60 Å². The molecule has 70 valence electrons. The van der Waals surface area contributed by atoms with Crippen molar-refractivity contribution in [3.05, 3.63) is 24.3 Å². The molecular formula is C12H16O. The first-order chi connectivity index (χ1) is 6.13. The van der Waals surface area contributed by atoms with E-state index in [0.29, 0.717) is 5.92 Å². The Morgan fingerprint density at radius 3 is 2.92 bits per heavy atom. The first-order valence-electron chi connectivity index (χ1n) is 4.49. The van der Waals surface area contributed by atoms with Crippen LogP contribution < -0.4 is 0 Å². The monoisotopic (exact) mass is 176 g/mol. The van der Waals surface area contributed by atoms with Gasteiger partial charge in [-0.3, -0.25) is 0 Å². The van der Waals surface area contributed by atoms with E-state index < -0.39 is 5.60 Å². The number of rotatable bonds is 2. The zero-order valence-electron chi connectivity index (χ0n) is 8.34. The lowest BCUT2D eigenvalue weighted by Crippen LogP contribution is -2.32. The predicted molar refractivity (Wildman–Crippen MR) is 55.3 cm³/mol. The molecule has 1 rings (SSSR count). The average molecular weight is 176 g/mol. The van der Waals surface area contributed by atoms with Crippen LogP contribution in [0.2, 0.25) is 0 Å². The second kappa shape index (κ2) is 3.81. The van der Waals surface area contributed by atoms with E-state index in [1.165, 1.54) is 5.57 Å².